The first-order valence-electron chi connectivity index (χ1n) is 11.9. The molecule has 0 saturated heterocycles. The smallest absolute Gasteiger partial charge is 0.334 e. The molecule has 5 nitrogen and oxygen atoms in total. The molecule has 0 spiro atoms. The number of amides is 1. The average molecular weight is 501 g/mol. The predicted octanol–water partition coefficient (Wildman–Crippen LogP) is 6.08. The van der Waals surface area contributed by atoms with E-state index in [-0.39, 0.29) is 17.1 Å². The number of nitrogens with two attached hydrogens (primary N) is 1. The minimum Gasteiger partial charge on any atom is -0.478 e. The van der Waals surface area contributed by atoms with Gasteiger partial charge in [-0.1, -0.05) is 84.4 Å². The zero-order valence-corrected chi connectivity index (χ0v) is 21.1. The van der Waals surface area contributed by atoms with Crippen molar-refractivity contribution in [3.63, 3.8) is 0 Å². The van der Waals surface area contributed by atoms with E-state index in [1.54, 1.807) is 31.2 Å². The number of carbonyl (C=O) groups is 2. The zero-order valence-electron chi connectivity index (χ0n) is 20.3. The van der Waals surface area contributed by atoms with Crippen LogP contribution in [0.25, 0.3) is 0 Å². The Morgan fingerprint density at radius 1 is 0.889 bits per heavy atom. The van der Waals surface area contributed by atoms with Gasteiger partial charge in [-0.25, -0.2) is 4.79 Å². The van der Waals surface area contributed by atoms with Crippen molar-refractivity contribution >= 4 is 23.5 Å². The standard InChI is InChI=1S/C30H29ClN2O3/c1-19-26(29(32)34)28(23-14-9-15-24(31)18-23)27(30(35)36)20(2)33(19)17-16-25(21-10-5-3-6-11-21)22-12-7-4-8-13-22/h3-15,18,25,28H,16-17H2,1-2H3,(H2,32,34)(H,35,36). The van der Waals surface area contributed by atoms with Crippen LogP contribution in [-0.4, -0.2) is 28.4 Å². The fourth-order valence-corrected chi connectivity index (χ4v) is 5.41. The predicted molar refractivity (Wildman–Crippen MR) is 142 cm³/mol. The number of carboxylic acid groups (broad SMARTS) is 1. The van der Waals surface area contributed by atoms with E-state index in [4.69, 9.17) is 17.3 Å². The molecule has 0 aliphatic carbocycles. The fourth-order valence-electron chi connectivity index (χ4n) is 5.21. The molecule has 6 heteroatoms. The molecule has 4 rings (SSSR count). The highest BCUT2D eigenvalue weighted by molar-refractivity contribution is 6.30. The Morgan fingerprint density at radius 2 is 1.44 bits per heavy atom. The lowest BCUT2D eigenvalue weighted by Gasteiger charge is -2.38. The van der Waals surface area contributed by atoms with Gasteiger partial charge in [-0.2, -0.15) is 0 Å². The molecule has 0 bridgehead atoms. The molecule has 1 heterocycles. The van der Waals surface area contributed by atoms with Crippen molar-refractivity contribution in [1.82, 2.24) is 4.90 Å². The normalized spacial score (nSPS) is 16.0. The molecular weight excluding hydrogens is 472 g/mol. The molecular formula is C30H29ClN2O3. The van der Waals surface area contributed by atoms with Crippen LogP contribution < -0.4 is 5.73 Å². The second-order valence-electron chi connectivity index (χ2n) is 8.97. The van der Waals surface area contributed by atoms with Crippen LogP contribution >= 0.6 is 11.6 Å². The summed E-state index contributed by atoms with van der Waals surface area (Å²) in [5.41, 5.74) is 10.5. The number of benzene rings is 3. The number of hydrogen-bond donors (Lipinski definition) is 2. The number of allylic oxidation sites excluding steroid dienone is 2. The van der Waals surface area contributed by atoms with Crippen molar-refractivity contribution in [3.8, 4) is 0 Å². The van der Waals surface area contributed by atoms with Gasteiger partial charge in [0, 0.05) is 34.5 Å². The number of carbonyl (C=O) groups excluding carboxylic acids is 1. The van der Waals surface area contributed by atoms with E-state index in [9.17, 15) is 14.7 Å². The fraction of sp³-hybridized carbons (Fsp3) is 0.200. The summed E-state index contributed by atoms with van der Waals surface area (Å²) in [6, 6.07) is 27.4. The first kappa shape index (κ1) is 25.3. The summed E-state index contributed by atoms with van der Waals surface area (Å²) in [5.74, 6) is -2.43. The lowest BCUT2D eigenvalue weighted by atomic mass is 9.79. The molecule has 3 N–H and O–H groups in total. The van der Waals surface area contributed by atoms with Crippen LogP contribution in [0.15, 0.2) is 107 Å². The van der Waals surface area contributed by atoms with Crippen molar-refractivity contribution < 1.29 is 14.7 Å². The lowest BCUT2D eigenvalue weighted by molar-refractivity contribution is -0.133. The van der Waals surface area contributed by atoms with Gasteiger partial charge in [-0.05, 0) is 49.1 Å². The lowest BCUT2D eigenvalue weighted by Crippen LogP contribution is -2.37. The topological polar surface area (TPSA) is 83.6 Å². The van der Waals surface area contributed by atoms with Crippen molar-refractivity contribution in [2.45, 2.75) is 32.1 Å². The van der Waals surface area contributed by atoms with Gasteiger partial charge in [0.05, 0.1) is 11.5 Å². The summed E-state index contributed by atoms with van der Waals surface area (Å²) in [6.07, 6.45) is 0.712. The van der Waals surface area contributed by atoms with E-state index in [0.29, 0.717) is 34.9 Å². The summed E-state index contributed by atoms with van der Waals surface area (Å²) in [5, 5.41) is 10.7. The van der Waals surface area contributed by atoms with Crippen molar-refractivity contribution in [2.24, 2.45) is 5.73 Å². The van der Waals surface area contributed by atoms with Gasteiger partial charge in [-0.3, -0.25) is 4.79 Å². The highest BCUT2D eigenvalue weighted by atomic mass is 35.5. The molecule has 3 aromatic carbocycles. The van der Waals surface area contributed by atoms with Gasteiger partial charge in [0.1, 0.15) is 0 Å². The van der Waals surface area contributed by atoms with Crippen LogP contribution in [0.3, 0.4) is 0 Å². The number of aliphatic carboxylic acids is 1. The minimum atomic E-state index is -1.09. The first-order valence-corrected chi connectivity index (χ1v) is 12.2. The van der Waals surface area contributed by atoms with Crippen LogP contribution in [0.5, 0.6) is 0 Å². The number of nitrogens with zero attached hydrogens (tertiary/aromatic N) is 1. The highest BCUT2D eigenvalue weighted by Gasteiger charge is 2.38. The van der Waals surface area contributed by atoms with Gasteiger partial charge < -0.3 is 15.7 Å². The van der Waals surface area contributed by atoms with Crippen LogP contribution in [0, 0.1) is 0 Å². The Bertz CT molecular complexity index is 1260. The summed E-state index contributed by atoms with van der Waals surface area (Å²) >= 11 is 6.21. The molecule has 1 aliphatic heterocycles. The maximum atomic E-state index is 12.7. The SMILES string of the molecule is CC1=C(C(N)=O)C(c2cccc(Cl)c2)C(C(=O)O)=C(C)N1CCC(c1ccccc1)c1ccccc1. The van der Waals surface area contributed by atoms with Crippen molar-refractivity contribution in [3.05, 3.63) is 129 Å². The number of hydrogen-bond acceptors (Lipinski definition) is 3. The van der Waals surface area contributed by atoms with Gasteiger partial charge in [0.15, 0.2) is 0 Å². The molecule has 184 valence electrons. The summed E-state index contributed by atoms with van der Waals surface area (Å²) in [7, 11) is 0. The summed E-state index contributed by atoms with van der Waals surface area (Å²) in [4.78, 5) is 27.2. The molecule has 0 aromatic heterocycles. The van der Waals surface area contributed by atoms with Crippen LogP contribution in [0.4, 0.5) is 0 Å². The quantitative estimate of drug-likeness (QED) is 0.392. The molecule has 3 aromatic rings. The van der Waals surface area contributed by atoms with Crippen molar-refractivity contribution in [1.29, 1.82) is 0 Å². The zero-order chi connectivity index (χ0) is 25.8. The Balaban J connectivity index is 1.76. The molecule has 1 amide bonds. The number of carboxylic acids is 1. The third-order valence-corrected chi connectivity index (χ3v) is 7.12. The van der Waals surface area contributed by atoms with E-state index in [1.807, 2.05) is 48.2 Å². The van der Waals surface area contributed by atoms with E-state index in [2.05, 4.69) is 24.3 Å². The van der Waals surface area contributed by atoms with Crippen molar-refractivity contribution in [2.75, 3.05) is 6.54 Å². The summed E-state index contributed by atoms with van der Waals surface area (Å²) < 4.78 is 0. The molecule has 36 heavy (non-hydrogen) atoms. The largest absolute Gasteiger partial charge is 0.478 e. The van der Waals surface area contributed by atoms with Crippen LogP contribution in [0.2, 0.25) is 5.02 Å². The van der Waals surface area contributed by atoms with Gasteiger partial charge >= 0.3 is 5.97 Å². The molecule has 0 saturated carbocycles. The maximum absolute atomic E-state index is 12.7. The third kappa shape index (κ3) is 5.07. The number of halogens is 1. The second-order valence-corrected chi connectivity index (χ2v) is 9.41. The first-order chi connectivity index (χ1) is 17.3. The minimum absolute atomic E-state index is 0.101. The Hall–Kier alpha value is -3.83. The monoisotopic (exact) mass is 500 g/mol. The highest BCUT2D eigenvalue weighted by Crippen LogP contribution is 2.43. The molecule has 0 radical (unpaired) electrons. The second kappa shape index (κ2) is 10.8. The third-order valence-electron chi connectivity index (χ3n) is 6.89. The summed E-state index contributed by atoms with van der Waals surface area (Å²) in [6.45, 7) is 4.14. The van der Waals surface area contributed by atoms with Gasteiger partial charge in [0.2, 0.25) is 5.91 Å². The average Bonchev–Trinajstić information content (AvgIpc) is 2.86. The Labute approximate surface area is 216 Å². The number of primary amides is 1. The number of rotatable bonds is 8. The molecule has 1 unspecified atom stereocenters. The Morgan fingerprint density at radius 3 is 1.94 bits per heavy atom. The Kier molecular flexibility index (Phi) is 7.61. The van der Waals surface area contributed by atoms with E-state index >= 15 is 0 Å². The molecule has 1 aliphatic rings. The van der Waals surface area contributed by atoms with Gasteiger partial charge in [0.25, 0.3) is 0 Å². The molecule has 0 fully saturated rings. The maximum Gasteiger partial charge on any atom is 0.334 e. The van der Waals surface area contributed by atoms with E-state index < -0.39 is 17.8 Å². The van der Waals surface area contributed by atoms with Gasteiger partial charge in [-0.15, -0.1) is 0 Å². The van der Waals surface area contributed by atoms with E-state index in [1.165, 1.54) is 11.1 Å². The van der Waals surface area contributed by atoms with Crippen LogP contribution in [0.1, 0.15) is 48.8 Å². The molecule has 1 atom stereocenters. The van der Waals surface area contributed by atoms with E-state index in [0.717, 1.165) is 0 Å². The van der Waals surface area contributed by atoms with Crippen LogP contribution in [-0.2, 0) is 9.59 Å².